The topological polar surface area (TPSA) is 69.3 Å². The standard InChI is InChI=1S/C22H30N4O2S/c1-3-15(4-2)13-19(27)26-11-9-25(10-12-26)14-18-23-21(28)20-16-7-5-6-8-17(16)29-22(20)24-18/h13H,3-12,14H2,1-2H3,(H,23,24,28). The predicted molar refractivity (Wildman–Crippen MR) is 117 cm³/mol. The number of piperazine rings is 1. The minimum atomic E-state index is 0.00927. The third-order valence-electron chi connectivity index (χ3n) is 6.17. The van der Waals surface area contributed by atoms with E-state index in [1.165, 1.54) is 22.4 Å². The summed E-state index contributed by atoms with van der Waals surface area (Å²) in [4.78, 5) is 39.4. The minimum Gasteiger partial charge on any atom is -0.337 e. The van der Waals surface area contributed by atoms with Gasteiger partial charge in [0.15, 0.2) is 0 Å². The lowest BCUT2D eigenvalue weighted by Crippen LogP contribution is -2.48. The average Bonchev–Trinajstić information content (AvgIpc) is 3.11. The van der Waals surface area contributed by atoms with E-state index in [2.05, 4.69) is 23.7 Å². The Morgan fingerprint density at radius 3 is 2.59 bits per heavy atom. The van der Waals surface area contributed by atoms with E-state index < -0.39 is 0 Å². The van der Waals surface area contributed by atoms with Crippen LogP contribution >= 0.6 is 11.3 Å². The number of hydrogen-bond donors (Lipinski definition) is 1. The summed E-state index contributed by atoms with van der Waals surface area (Å²) in [5.41, 5.74) is 2.44. The van der Waals surface area contributed by atoms with Gasteiger partial charge in [0.2, 0.25) is 5.91 Å². The van der Waals surface area contributed by atoms with Gasteiger partial charge in [0, 0.05) is 37.1 Å². The van der Waals surface area contributed by atoms with Gasteiger partial charge in [0.05, 0.1) is 11.9 Å². The summed E-state index contributed by atoms with van der Waals surface area (Å²) in [5, 5.41) is 0.818. The third kappa shape index (κ3) is 4.31. The molecule has 0 radical (unpaired) electrons. The van der Waals surface area contributed by atoms with E-state index in [1.807, 2.05) is 4.90 Å². The lowest BCUT2D eigenvalue weighted by atomic mass is 9.97. The van der Waals surface area contributed by atoms with Crippen molar-refractivity contribution in [2.75, 3.05) is 26.2 Å². The van der Waals surface area contributed by atoms with Crippen LogP contribution in [0.2, 0.25) is 0 Å². The molecule has 2 aromatic heterocycles. The summed E-state index contributed by atoms with van der Waals surface area (Å²) >= 11 is 1.70. The van der Waals surface area contributed by atoms with Gasteiger partial charge >= 0.3 is 0 Å². The van der Waals surface area contributed by atoms with Gasteiger partial charge in [0.25, 0.3) is 5.56 Å². The Balaban J connectivity index is 1.42. The minimum absolute atomic E-state index is 0.00927. The maximum Gasteiger partial charge on any atom is 0.259 e. The van der Waals surface area contributed by atoms with Gasteiger partial charge in [-0.3, -0.25) is 14.5 Å². The first-order valence-corrected chi connectivity index (χ1v) is 11.6. The first kappa shape index (κ1) is 20.3. The maximum atomic E-state index is 12.7. The molecule has 1 amide bonds. The van der Waals surface area contributed by atoms with Crippen molar-refractivity contribution in [3.8, 4) is 0 Å². The first-order valence-electron chi connectivity index (χ1n) is 10.8. The molecule has 4 rings (SSSR count). The third-order valence-corrected chi connectivity index (χ3v) is 7.35. The van der Waals surface area contributed by atoms with Crippen molar-refractivity contribution in [2.24, 2.45) is 0 Å². The summed E-state index contributed by atoms with van der Waals surface area (Å²) in [5.74, 6) is 0.862. The molecule has 1 aliphatic carbocycles. The van der Waals surface area contributed by atoms with Crippen LogP contribution in [-0.2, 0) is 24.2 Å². The summed E-state index contributed by atoms with van der Waals surface area (Å²) in [6, 6.07) is 0. The van der Waals surface area contributed by atoms with Gasteiger partial charge < -0.3 is 9.88 Å². The number of aromatic amines is 1. The Morgan fingerprint density at radius 2 is 1.86 bits per heavy atom. The Labute approximate surface area is 175 Å². The molecule has 3 heterocycles. The fourth-order valence-electron chi connectivity index (χ4n) is 4.34. The largest absolute Gasteiger partial charge is 0.337 e. The van der Waals surface area contributed by atoms with E-state index in [9.17, 15) is 9.59 Å². The molecule has 1 N–H and O–H groups in total. The number of aromatic nitrogens is 2. The van der Waals surface area contributed by atoms with Crippen molar-refractivity contribution >= 4 is 27.5 Å². The van der Waals surface area contributed by atoms with Crippen LogP contribution in [0.1, 0.15) is 55.8 Å². The molecule has 0 unspecified atom stereocenters. The highest BCUT2D eigenvalue weighted by atomic mass is 32.1. The molecule has 1 saturated heterocycles. The van der Waals surface area contributed by atoms with Gasteiger partial charge in [-0.25, -0.2) is 4.98 Å². The average molecular weight is 415 g/mol. The number of amides is 1. The summed E-state index contributed by atoms with van der Waals surface area (Å²) < 4.78 is 0. The van der Waals surface area contributed by atoms with Crippen LogP contribution in [0.4, 0.5) is 0 Å². The number of rotatable bonds is 5. The second-order valence-electron chi connectivity index (χ2n) is 8.01. The summed E-state index contributed by atoms with van der Waals surface area (Å²) in [6.45, 7) is 7.85. The zero-order chi connectivity index (χ0) is 20.4. The molecule has 2 aliphatic rings. The number of nitrogens with one attached hydrogen (secondary N) is 1. The summed E-state index contributed by atoms with van der Waals surface area (Å²) in [7, 11) is 0. The molecule has 0 saturated carbocycles. The number of hydrogen-bond acceptors (Lipinski definition) is 5. The maximum absolute atomic E-state index is 12.7. The molecule has 2 aromatic rings. The molecule has 156 valence electrons. The second kappa shape index (κ2) is 8.79. The number of allylic oxidation sites excluding steroid dienone is 1. The first-order chi connectivity index (χ1) is 14.1. The zero-order valence-electron chi connectivity index (χ0n) is 17.4. The Morgan fingerprint density at radius 1 is 1.14 bits per heavy atom. The van der Waals surface area contributed by atoms with E-state index in [-0.39, 0.29) is 11.5 Å². The zero-order valence-corrected chi connectivity index (χ0v) is 18.2. The van der Waals surface area contributed by atoms with Crippen LogP contribution in [0.15, 0.2) is 16.4 Å². The monoisotopic (exact) mass is 414 g/mol. The van der Waals surface area contributed by atoms with Crippen molar-refractivity contribution in [1.29, 1.82) is 0 Å². The molecule has 0 spiro atoms. The van der Waals surface area contributed by atoms with E-state index in [0.29, 0.717) is 6.54 Å². The van der Waals surface area contributed by atoms with Gasteiger partial charge in [-0.15, -0.1) is 11.3 Å². The van der Waals surface area contributed by atoms with E-state index in [1.54, 1.807) is 17.4 Å². The SMILES string of the molecule is CCC(=CC(=O)N1CCN(Cc2nc3sc4c(c3c(=O)[nH]2)CCCC4)CC1)CC. The van der Waals surface area contributed by atoms with E-state index in [4.69, 9.17) is 4.98 Å². The fraction of sp³-hybridized carbons (Fsp3) is 0.591. The van der Waals surface area contributed by atoms with Gasteiger partial charge in [-0.05, 0) is 44.1 Å². The highest BCUT2D eigenvalue weighted by molar-refractivity contribution is 7.18. The lowest BCUT2D eigenvalue weighted by Gasteiger charge is -2.34. The number of carbonyl (C=O) groups is 1. The number of nitrogens with zero attached hydrogens (tertiary/aromatic N) is 3. The normalized spacial score (nSPS) is 17.4. The number of H-pyrrole nitrogens is 1. The number of carbonyl (C=O) groups excluding carboxylic acids is 1. The van der Waals surface area contributed by atoms with Crippen molar-refractivity contribution in [2.45, 2.75) is 58.9 Å². The molecular weight excluding hydrogens is 384 g/mol. The predicted octanol–water partition coefficient (Wildman–Crippen LogP) is 3.25. The molecule has 0 atom stereocenters. The molecule has 0 aromatic carbocycles. The van der Waals surface area contributed by atoms with Crippen molar-refractivity contribution in [3.05, 3.63) is 38.3 Å². The quantitative estimate of drug-likeness (QED) is 0.763. The van der Waals surface area contributed by atoms with Crippen molar-refractivity contribution < 1.29 is 4.79 Å². The highest BCUT2D eigenvalue weighted by Gasteiger charge is 2.23. The van der Waals surface area contributed by atoms with Crippen molar-refractivity contribution in [1.82, 2.24) is 19.8 Å². The van der Waals surface area contributed by atoms with Crippen LogP contribution in [0.3, 0.4) is 0 Å². The molecule has 6 nitrogen and oxygen atoms in total. The lowest BCUT2D eigenvalue weighted by molar-refractivity contribution is -0.127. The highest BCUT2D eigenvalue weighted by Crippen LogP contribution is 2.33. The second-order valence-corrected chi connectivity index (χ2v) is 9.10. The Hall–Kier alpha value is -1.99. The Kier molecular flexibility index (Phi) is 6.15. The van der Waals surface area contributed by atoms with Crippen LogP contribution < -0.4 is 5.56 Å². The molecule has 0 bridgehead atoms. The van der Waals surface area contributed by atoms with Crippen LogP contribution in [0.25, 0.3) is 10.2 Å². The van der Waals surface area contributed by atoms with E-state index >= 15 is 0 Å². The van der Waals surface area contributed by atoms with Crippen LogP contribution in [0.5, 0.6) is 0 Å². The van der Waals surface area contributed by atoms with E-state index in [0.717, 1.165) is 74.3 Å². The fourth-order valence-corrected chi connectivity index (χ4v) is 5.62. The van der Waals surface area contributed by atoms with Gasteiger partial charge in [-0.1, -0.05) is 19.4 Å². The number of aryl methyl sites for hydroxylation is 2. The van der Waals surface area contributed by atoms with Crippen molar-refractivity contribution in [3.63, 3.8) is 0 Å². The van der Waals surface area contributed by atoms with Crippen LogP contribution in [0, 0.1) is 0 Å². The van der Waals surface area contributed by atoms with Gasteiger partial charge in [-0.2, -0.15) is 0 Å². The smallest absolute Gasteiger partial charge is 0.259 e. The molecule has 7 heteroatoms. The van der Waals surface area contributed by atoms with Crippen LogP contribution in [-0.4, -0.2) is 51.9 Å². The van der Waals surface area contributed by atoms with Gasteiger partial charge in [0.1, 0.15) is 10.7 Å². The molecule has 1 fully saturated rings. The Bertz CT molecular complexity index is 977. The number of thiophene rings is 1. The molecular formula is C22H30N4O2S. The molecule has 1 aliphatic heterocycles. The summed E-state index contributed by atoms with van der Waals surface area (Å²) in [6.07, 6.45) is 8.11. The molecule has 29 heavy (non-hydrogen) atoms. The number of fused-ring (bicyclic) bond motifs is 3.